The van der Waals surface area contributed by atoms with E-state index in [4.69, 9.17) is 0 Å². The van der Waals surface area contributed by atoms with Gasteiger partial charge in [-0.1, -0.05) is 46.3 Å². The van der Waals surface area contributed by atoms with E-state index in [1.54, 1.807) is 10.9 Å². The number of hydrogen-bond donors (Lipinski definition) is 0. The first kappa shape index (κ1) is 13.5. The lowest BCUT2D eigenvalue weighted by Crippen LogP contribution is -2.24. The topological polar surface area (TPSA) is 34.9 Å². The van der Waals surface area contributed by atoms with Crippen molar-refractivity contribution in [2.75, 3.05) is 5.33 Å². The van der Waals surface area contributed by atoms with E-state index >= 15 is 0 Å². The van der Waals surface area contributed by atoms with Crippen molar-refractivity contribution in [3.8, 4) is 0 Å². The highest BCUT2D eigenvalue weighted by molar-refractivity contribution is 9.10. The molecule has 0 aliphatic carbocycles. The van der Waals surface area contributed by atoms with Crippen molar-refractivity contribution in [1.29, 1.82) is 0 Å². The Hall–Kier alpha value is -0.940. The summed E-state index contributed by atoms with van der Waals surface area (Å²) in [4.78, 5) is 15.9. The number of alkyl halides is 1. The molecule has 1 aromatic carbocycles. The van der Waals surface area contributed by atoms with E-state index in [2.05, 4.69) is 49.0 Å². The van der Waals surface area contributed by atoms with E-state index in [1.807, 2.05) is 18.2 Å². The summed E-state index contributed by atoms with van der Waals surface area (Å²) in [5, 5.41) is 0.802. The molecule has 3 nitrogen and oxygen atoms in total. The summed E-state index contributed by atoms with van der Waals surface area (Å²) in [7, 11) is 0. The lowest BCUT2D eigenvalue weighted by molar-refractivity contribution is 0.577. The molecule has 0 aliphatic heterocycles. The van der Waals surface area contributed by atoms with Crippen molar-refractivity contribution in [2.24, 2.45) is 0 Å². The summed E-state index contributed by atoms with van der Waals surface area (Å²) in [6.07, 6.45) is 3.09. The molecule has 0 saturated carbocycles. The van der Waals surface area contributed by atoms with Crippen molar-refractivity contribution in [3.05, 3.63) is 63.2 Å². The maximum Gasteiger partial charge on any atom is 0.267 e. The Balaban J connectivity index is 2.27. The third kappa shape index (κ3) is 3.09. The van der Waals surface area contributed by atoms with Gasteiger partial charge in [0.25, 0.3) is 5.56 Å². The Bertz CT molecular complexity index is 569. The van der Waals surface area contributed by atoms with Crippen LogP contribution in [0.4, 0.5) is 0 Å². The summed E-state index contributed by atoms with van der Waals surface area (Å²) in [6.45, 7) is 0.612. The number of hydrogen-bond acceptors (Lipinski definition) is 2. The molecular formula is C13H12Br2N2O. The highest BCUT2D eigenvalue weighted by Crippen LogP contribution is 2.19. The average Bonchev–Trinajstić information content (AvgIpc) is 2.41. The van der Waals surface area contributed by atoms with Gasteiger partial charge in [0.2, 0.25) is 0 Å². The van der Waals surface area contributed by atoms with Crippen LogP contribution >= 0.6 is 31.9 Å². The lowest BCUT2D eigenvalue weighted by Gasteiger charge is -2.15. The number of nitrogens with zero attached hydrogens (tertiary/aromatic N) is 2. The molecule has 5 heteroatoms. The maximum absolute atomic E-state index is 11.9. The first-order valence-corrected chi connectivity index (χ1v) is 7.44. The second kappa shape index (κ2) is 6.29. The lowest BCUT2D eigenvalue weighted by atomic mass is 10.0. The predicted octanol–water partition coefficient (Wildman–Crippen LogP) is 3.18. The van der Waals surface area contributed by atoms with Crippen LogP contribution in [0.25, 0.3) is 0 Å². The molecule has 2 rings (SSSR count). The summed E-state index contributed by atoms with van der Waals surface area (Å²) in [5.74, 6) is 0.250. The standard InChI is InChI=1S/C13H12Br2N2O/c14-6-11(10-4-2-1-3-5-10)8-17-9-16-7-12(15)13(17)18/h1-5,7,9,11H,6,8H2. The molecule has 1 heterocycles. The van der Waals surface area contributed by atoms with Crippen LogP contribution in [0.15, 0.2) is 52.1 Å². The fourth-order valence-electron chi connectivity index (χ4n) is 1.76. The largest absolute Gasteiger partial charge is 0.298 e. The molecule has 0 saturated heterocycles. The van der Waals surface area contributed by atoms with Gasteiger partial charge in [-0.25, -0.2) is 4.98 Å². The van der Waals surface area contributed by atoms with Crippen molar-refractivity contribution < 1.29 is 0 Å². The monoisotopic (exact) mass is 370 g/mol. The number of rotatable bonds is 4. The highest BCUT2D eigenvalue weighted by atomic mass is 79.9. The zero-order chi connectivity index (χ0) is 13.0. The first-order valence-electron chi connectivity index (χ1n) is 5.53. The Morgan fingerprint density at radius 2 is 2.00 bits per heavy atom. The van der Waals surface area contributed by atoms with Crippen molar-refractivity contribution in [3.63, 3.8) is 0 Å². The molecule has 0 bridgehead atoms. The second-order valence-corrected chi connectivity index (χ2v) is 5.46. The fraction of sp³-hybridized carbons (Fsp3) is 0.231. The Morgan fingerprint density at radius 1 is 1.28 bits per heavy atom. The van der Waals surface area contributed by atoms with Crippen molar-refractivity contribution >= 4 is 31.9 Å². The van der Waals surface area contributed by atoms with Crippen molar-refractivity contribution in [2.45, 2.75) is 12.5 Å². The zero-order valence-corrected chi connectivity index (χ0v) is 12.8. The molecule has 1 unspecified atom stereocenters. The normalized spacial score (nSPS) is 12.3. The van der Waals surface area contributed by atoms with E-state index in [0.717, 1.165) is 5.33 Å². The van der Waals surface area contributed by atoms with Gasteiger partial charge in [-0.2, -0.15) is 0 Å². The van der Waals surface area contributed by atoms with E-state index in [1.165, 1.54) is 11.8 Å². The third-order valence-electron chi connectivity index (χ3n) is 2.73. The smallest absolute Gasteiger partial charge is 0.267 e. The van der Waals surface area contributed by atoms with Gasteiger partial charge in [0.1, 0.15) is 4.47 Å². The van der Waals surface area contributed by atoms with Crippen LogP contribution in [-0.2, 0) is 6.54 Å². The number of aromatic nitrogens is 2. The molecular weight excluding hydrogens is 360 g/mol. The van der Waals surface area contributed by atoms with Crippen LogP contribution in [0.2, 0.25) is 0 Å². The second-order valence-electron chi connectivity index (χ2n) is 3.96. The number of benzene rings is 1. The third-order valence-corrected chi connectivity index (χ3v) is 4.06. The van der Waals surface area contributed by atoms with Crippen LogP contribution in [0.1, 0.15) is 11.5 Å². The Labute approximate surface area is 122 Å². The van der Waals surface area contributed by atoms with E-state index < -0.39 is 0 Å². The van der Waals surface area contributed by atoms with Gasteiger partial charge in [-0.15, -0.1) is 0 Å². The van der Waals surface area contributed by atoms with Crippen molar-refractivity contribution in [1.82, 2.24) is 9.55 Å². The van der Waals surface area contributed by atoms with E-state index in [0.29, 0.717) is 11.0 Å². The Kier molecular flexibility index (Phi) is 4.72. The molecule has 0 aliphatic rings. The molecule has 1 aromatic heterocycles. The van der Waals surface area contributed by atoms with Crippen LogP contribution < -0.4 is 5.56 Å². The van der Waals surface area contributed by atoms with Gasteiger partial charge in [0, 0.05) is 24.0 Å². The average molecular weight is 372 g/mol. The first-order chi connectivity index (χ1) is 8.72. The molecule has 1 atom stereocenters. The van der Waals surface area contributed by atoms with Gasteiger partial charge < -0.3 is 0 Å². The van der Waals surface area contributed by atoms with E-state index in [-0.39, 0.29) is 11.5 Å². The molecule has 94 valence electrons. The van der Waals surface area contributed by atoms with Gasteiger partial charge in [0.15, 0.2) is 0 Å². The van der Waals surface area contributed by atoms with Gasteiger partial charge >= 0.3 is 0 Å². The van der Waals surface area contributed by atoms with Crippen LogP contribution in [0.5, 0.6) is 0 Å². The minimum Gasteiger partial charge on any atom is -0.298 e. The summed E-state index contributed by atoms with van der Waals surface area (Å²) >= 11 is 6.71. The molecule has 18 heavy (non-hydrogen) atoms. The maximum atomic E-state index is 11.9. The SMILES string of the molecule is O=c1c(Br)cncn1CC(CBr)c1ccccc1. The minimum atomic E-state index is -0.0492. The summed E-state index contributed by atoms with van der Waals surface area (Å²) in [5.41, 5.74) is 1.16. The number of halogens is 2. The predicted molar refractivity (Wildman–Crippen MR) is 79.2 cm³/mol. The minimum absolute atomic E-state index is 0.0492. The quantitative estimate of drug-likeness (QED) is 0.773. The highest BCUT2D eigenvalue weighted by Gasteiger charge is 2.12. The van der Waals surface area contributed by atoms with Gasteiger partial charge in [0.05, 0.1) is 6.33 Å². The molecule has 0 fully saturated rings. The van der Waals surface area contributed by atoms with Crippen LogP contribution in [-0.4, -0.2) is 14.9 Å². The van der Waals surface area contributed by atoms with Crippen LogP contribution in [0, 0.1) is 0 Å². The van der Waals surface area contributed by atoms with Gasteiger partial charge in [-0.05, 0) is 21.5 Å². The molecule has 0 radical (unpaired) electrons. The molecule has 0 amide bonds. The Morgan fingerprint density at radius 3 is 2.67 bits per heavy atom. The van der Waals surface area contributed by atoms with Crippen LogP contribution in [0.3, 0.4) is 0 Å². The summed E-state index contributed by atoms with van der Waals surface area (Å²) in [6, 6.07) is 10.1. The fourth-order valence-corrected chi connectivity index (χ4v) is 2.68. The molecule has 2 aromatic rings. The van der Waals surface area contributed by atoms with Gasteiger partial charge in [-0.3, -0.25) is 9.36 Å². The van der Waals surface area contributed by atoms with E-state index in [9.17, 15) is 4.79 Å². The summed E-state index contributed by atoms with van der Waals surface area (Å²) < 4.78 is 2.12. The molecule has 0 N–H and O–H groups in total. The zero-order valence-electron chi connectivity index (χ0n) is 9.59. The molecule has 0 spiro atoms.